The smallest absolute Gasteiger partial charge is 0.183 e. The predicted molar refractivity (Wildman–Crippen MR) is 72.1 cm³/mol. The standard InChI is InChI=1S/C15H21NO2/c1-2-3-9-13(16)14(17)12-8-4-6-11-7-5-10-18-15(11)12/h4,6,8,13H,2-3,5,7,9-10,16H2,1H3. The fourth-order valence-corrected chi connectivity index (χ4v) is 2.34. The van der Waals surface area contributed by atoms with E-state index in [1.54, 1.807) is 0 Å². The second-order valence-corrected chi connectivity index (χ2v) is 4.86. The average Bonchev–Trinajstić information content (AvgIpc) is 2.43. The predicted octanol–water partition coefficient (Wildman–Crippen LogP) is 2.71. The summed E-state index contributed by atoms with van der Waals surface area (Å²) in [6, 6.07) is 5.39. The first-order chi connectivity index (χ1) is 8.74. The Labute approximate surface area is 108 Å². The van der Waals surface area contributed by atoms with Crippen LogP contribution in [0.15, 0.2) is 18.2 Å². The lowest BCUT2D eigenvalue weighted by Crippen LogP contribution is -2.31. The topological polar surface area (TPSA) is 52.3 Å². The maximum atomic E-state index is 12.3. The van der Waals surface area contributed by atoms with Gasteiger partial charge in [0.15, 0.2) is 5.78 Å². The van der Waals surface area contributed by atoms with E-state index in [1.807, 2.05) is 18.2 Å². The van der Waals surface area contributed by atoms with Gasteiger partial charge in [0.25, 0.3) is 0 Å². The SMILES string of the molecule is CCCCC(N)C(=O)c1cccc2c1OCCC2. The van der Waals surface area contributed by atoms with Gasteiger partial charge >= 0.3 is 0 Å². The maximum absolute atomic E-state index is 12.3. The molecule has 3 heteroatoms. The normalized spacial score (nSPS) is 15.7. The number of ketones is 1. The zero-order valence-electron chi connectivity index (χ0n) is 10.9. The first kappa shape index (κ1) is 13.1. The van der Waals surface area contributed by atoms with E-state index in [4.69, 9.17) is 10.5 Å². The molecule has 0 fully saturated rings. The molecule has 0 bridgehead atoms. The van der Waals surface area contributed by atoms with E-state index < -0.39 is 6.04 Å². The summed E-state index contributed by atoms with van der Waals surface area (Å²) in [5.41, 5.74) is 7.76. The third kappa shape index (κ3) is 2.72. The molecule has 0 amide bonds. The van der Waals surface area contributed by atoms with E-state index in [2.05, 4.69) is 6.92 Å². The molecule has 0 aliphatic carbocycles. The summed E-state index contributed by atoms with van der Waals surface area (Å²) in [6.45, 7) is 2.80. The Morgan fingerprint density at radius 3 is 3.11 bits per heavy atom. The molecule has 2 N–H and O–H groups in total. The molecule has 0 saturated heterocycles. The molecular formula is C15H21NO2. The van der Waals surface area contributed by atoms with Crippen LogP contribution in [0.4, 0.5) is 0 Å². The van der Waals surface area contributed by atoms with Gasteiger partial charge in [0.05, 0.1) is 18.2 Å². The number of ether oxygens (including phenoxy) is 1. The number of hydrogen-bond acceptors (Lipinski definition) is 3. The van der Waals surface area contributed by atoms with Gasteiger partial charge in [-0.15, -0.1) is 0 Å². The van der Waals surface area contributed by atoms with Crippen LogP contribution in [0.25, 0.3) is 0 Å². The maximum Gasteiger partial charge on any atom is 0.183 e. The van der Waals surface area contributed by atoms with E-state index in [0.29, 0.717) is 12.2 Å². The van der Waals surface area contributed by atoms with Crippen LogP contribution in [-0.4, -0.2) is 18.4 Å². The molecule has 18 heavy (non-hydrogen) atoms. The van der Waals surface area contributed by atoms with Gasteiger partial charge in [0.1, 0.15) is 5.75 Å². The zero-order chi connectivity index (χ0) is 13.0. The van der Waals surface area contributed by atoms with Crippen LogP contribution in [0.2, 0.25) is 0 Å². The van der Waals surface area contributed by atoms with Gasteiger partial charge in [-0.3, -0.25) is 4.79 Å². The number of unbranched alkanes of at least 4 members (excludes halogenated alkanes) is 1. The third-order valence-corrected chi connectivity index (χ3v) is 3.40. The number of para-hydroxylation sites is 1. The van der Waals surface area contributed by atoms with Crippen molar-refractivity contribution in [1.82, 2.24) is 0 Å². The van der Waals surface area contributed by atoms with E-state index in [0.717, 1.165) is 43.4 Å². The lowest BCUT2D eigenvalue weighted by atomic mass is 9.95. The first-order valence-corrected chi connectivity index (χ1v) is 6.78. The highest BCUT2D eigenvalue weighted by Crippen LogP contribution is 2.29. The van der Waals surface area contributed by atoms with Gasteiger partial charge in [-0.2, -0.15) is 0 Å². The van der Waals surface area contributed by atoms with Gasteiger partial charge in [0.2, 0.25) is 0 Å². The molecule has 1 aromatic carbocycles. The molecule has 98 valence electrons. The third-order valence-electron chi connectivity index (χ3n) is 3.40. The second-order valence-electron chi connectivity index (χ2n) is 4.86. The highest BCUT2D eigenvalue weighted by molar-refractivity contribution is 6.02. The molecule has 3 nitrogen and oxygen atoms in total. The zero-order valence-corrected chi connectivity index (χ0v) is 10.9. The molecule has 1 heterocycles. The molecule has 1 aliphatic rings. The van der Waals surface area contributed by atoms with Crippen molar-refractivity contribution in [3.05, 3.63) is 29.3 Å². The molecule has 1 atom stereocenters. The molecule has 0 aromatic heterocycles. The van der Waals surface area contributed by atoms with Crippen LogP contribution in [0.1, 0.15) is 48.5 Å². The Kier molecular flexibility index (Phi) is 4.37. The van der Waals surface area contributed by atoms with Crippen molar-refractivity contribution >= 4 is 5.78 Å². The molecule has 2 rings (SSSR count). The van der Waals surface area contributed by atoms with E-state index >= 15 is 0 Å². The number of benzene rings is 1. The number of hydrogen-bond donors (Lipinski definition) is 1. The van der Waals surface area contributed by atoms with Crippen LogP contribution in [0, 0.1) is 0 Å². The van der Waals surface area contributed by atoms with Crippen molar-refractivity contribution in [2.45, 2.75) is 45.1 Å². The van der Waals surface area contributed by atoms with E-state index in [9.17, 15) is 4.79 Å². The Bertz CT molecular complexity index is 429. The summed E-state index contributed by atoms with van der Waals surface area (Å²) in [5, 5.41) is 0. The summed E-state index contributed by atoms with van der Waals surface area (Å²) in [4.78, 5) is 12.3. The van der Waals surface area contributed by atoms with Gasteiger partial charge in [-0.05, 0) is 30.9 Å². The van der Waals surface area contributed by atoms with Crippen molar-refractivity contribution in [3.8, 4) is 5.75 Å². The lowest BCUT2D eigenvalue weighted by Gasteiger charge is -2.21. The minimum atomic E-state index is -0.401. The summed E-state index contributed by atoms with van der Waals surface area (Å²) in [6.07, 6.45) is 4.80. The van der Waals surface area contributed by atoms with E-state index in [1.165, 1.54) is 0 Å². The van der Waals surface area contributed by atoms with Crippen molar-refractivity contribution < 1.29 is 9.53 Å². The summed E-state index contributed by atoms with van der Waals surface area (Å²) in [5.74, 6) is 0.780. The molecule has 0 saturated carbocycles. The number of Topliss-reactive ketones (excluding diaryl/α,β-unsaturated/α-hetero) is 1. The number of carbonyl (C=O) groups excluding carboxylic acids is 1. The monoisotopic (exact) mass is 247 g/mol. The molecule has 1 unspecified atom stereocenters. The van der Waals surface area contributed by atoms with Gasteiger partial charge in [-0.25, -0.2) is 0 Å². The Hall–Kier alpha value is -1.35. The largest absolute Gasteiger partial charge is 0.493 e. The number of carbonyl (C=O) groups is 1. The lowest BCUT2D eigenvalue weighted by molar-refractivity contribution is 0.0951. The van der Waals surface area contributed by atoms with Crippen LogP contribution < -0.4 is 10.5 Å². The molecule has 1 aromatic rings. The molecule has 0 radical (unpaired) electrons. The summed E-state index contributed by atoms with van der Waals surface area (Å²) >= 11 is 0. The first-order valence-electron chi connectivity index (χ1n) is 6.78. The summed E-state index contributed by atoms with van der Waals surface area (Å²) < 4.78 is 5.65. The molecule has 0 spiro atoms. The van der Waals surface area contributed by atoms with Crippen LogP contribution >= 0.6 is 0 Å². The minimum Gasteiger partial charge on any atom is -0.493 e. The fourth-order valence-electron chi connectivity index (χ4n) is 2.34. The molecular weight excluding hydrogens is 226 g/mol. The van der Waals surface area contributed by atoms with Crippen molar-refractivity contribution in [2.75, 3.05) is 6.61 Å². The van der Waals surface area contributed by atoms with Gasteiger partial charge in [0, 0.05) is 0 Å². The fraction of sp³-hybridized carbons (Fsp3) is 0.533. The summed E-state index contributed by atoms with van der Waals surface area (Å²) in [7, 11) is 0. The number of fused-ring (bicyclic) bond motifs is 1. The van der Waals surface area contributed by atoms with E-state index in [-0.39, 0.29) is 5.78 Å². The van der Waals surface area contributed by atoms with Gasteiger partial charge < -0.3 is 10.5 Å². The Balaban J connectivity index is 2.19. The van der Waals surface area contributed by atoms with Crippen LogP contribution in [0.3, 0.4) is 0 Å². The highest BCUT2D eigenvalue weighted by Gasteiger charge is 2.22. The van der Waals surface area contributed by atoms with Crippen molar-refractivity contribution in [2.24, 2.45) is 5.73 Å². The average molecular weight is 247 g/mol. The van der Waals surface area contributed by atoms with Crippen LogP contribution in [0.5, 0.6) is 5.75 Å². The quantitative estimate of drug-likeness (QED) is 0.814. The van der Waals surface area contributed by atoms with Crippen molar-refractivity contribution in [3.63, 3.8) is 0 Å². The van der Waals surface area contributed by atoms with Crippen molar-refractivity contribution in [1.29, 1.82) is 0 Å². The number of rotatable bonds is 5. The Morgan fingerprint density at radius 1 is 1.50 bits per heavy atom. The highest BCUT2D eigenvalue weighted by atomic mass is 16.5. The molecule has 1 aliphatic heterocycles. The van der Waals surface area contributed by atoms with Gasteiger partial charge in [-0.1, -0.05) is 31.9 Å². The minimum absolute atomic E-state index is 0.0159. The number of nitrogens with two attached hydrogens (primary N) is 1. The number of aryl methyl sites for hydroxylation is 1. The second kappa shape index (κ2) is 6.01. The Morgan fingerprint density at radius 2 is 2.33 bits per heavy atom. The van der Waals surface area contributed by atoms with Crippen LogP contribution in [-0.2, 0) is 6.42 Å².